The molecule has 0 aliphatic heterocycles. The van der Waals surface area contributed by atoms with Crippen LogP contribution in [0.5, 0.6) is 0 Å². The van der Waals surface area contributed by atoms with Gasteiger partial charge in [-0.1, -0.05) is 55.1 Å². The molecule has 0 aromatic heterocycles. The van der Waals surface area contributed by atoms with E-state index >= 15 is 0 Å². The summed E-state index contributed by atoms with van der Waals surface area (Å²) in [6.45, 7) is 4.36. The minimum Gasteiger partial charge on any atom is -0.449 e. The standard InChI is InChI=1S/C20H19NO2/c1-2-3-8-13-21-20(22)23-14-19-17-11-6-4-9-15(17)16-10-5-7-12-18(16)19/h3-7,9-12,19H,1,8,13-14H2,(H,21,22). The maximum atomic E-state index is 11.8. The fraction of sp³-hybridized carbons (Fsp3) is 0.200. The van der Waals surface area contributed by atoms with Gasteiger partial charge in [-0.05, 0) is 34.8 Å². The molecule has 1 aliphatic carbocycles. The van der Waals surface area contributed by atoms with E-state index in [-0.39, 0.29) is 12.0 Å². The zero-order valence-electron chi connectivity index (χ0n) is 12.9. The molecule has 2 aromatic rings. The Morgan fingerprint density at radius 3 is 2.35 bits per heavy atom. The molecule has 3 nitrogen and oxygen atoms in total. The third-order valence-electron chi connectivity index (χ3n) is 4.05. The molecule has 0 heterocycles. The van der Waals surface area contributed by atoms with Crippen molar-refractivity contribution in [3.8, 4) is 11.1 Å². The number of hydrogen-bond acceptors (Lipinski definition) is 2. The Morgan fingerprint density at radius 1 is 1.13 bits per heavy atom. The fourth-order valence-corrected chi connectivity index (χ4v) is 3.00. The van der Waals surface area contributed by atoms with Gasteiger partial charge in [0.15, 0.2) is 0 Å². The van der Waals surface area contributed by atoms with Crippen LogP contribution in [0.25, 0.3) is 11.1 Å². The molecule has 0 unspecified atom stereocenters. The van der Waals surface area contributed by atoms with E-state index in [0.29, 0.717) is 19.6 Å². The van der Waals surface area contributed by atoms with E-state index in [1.165, 1.54) is 22.3 Å². The average molecular weight is 305 g/mol. The molecule has 0 saturated carbocycles. The summed E-state index contributed by atoms with van der Waals surface area (Å²) >= 11 is 0. The summed E-state index contributed by atoms with van der Waals surface area (Å²) < 4.78 is 5.42. The second kappa shape index (κ2) is 6.99. The molecule has 1 amide bonds. The van der Waals surface area contributed by atoms with E-state index < -0.39 is 0 Å². The van der Waals surface area contributed by atoms with E-state index in [1.807, 2.05) is 24.3 Å². The second-order valence-electron chi connectivity index (χ2n) is 5.45. The molecule has 0 fully saturated rings. The van der Waals surface area contributed by atoms with E-state index in [2.05, 4.69) is 41.9 Å². The van der Waals surface area contributed by atoms with Crippen molar-refractivity contribution in [3.05, 3.63) is 78.0 Å². The first-order chi connectivity index (χ1) is 11.3. The molecule has 0 spiro atoms. The molecule has 2 aromatic carbocycles. The van der Waals surface area contributed by atoms with Gasteiger partial charge in [0, 0.05) is 12.5 Å². The van der Waals surface area contributed by atoms with Crippen molar-refractivity contribution in [2.75, 3.05) is 13.2 Å². The lowest BCUT2D eigenvalue weighted by atomic mass is 9.98. The zero-order valence-corrected chi connectivity index (χ0v) is 12.9. The van der Waals surface area contributed by atoms with Crippen LogP contribution in [0.15, 0.2) is 66.9 Å². The first-order valence-electron chi connectivity index (χ1n) is 7.74. The first kappa shape index (κ1) is 15.1. The van der Waals surface area contributed by atoms with Gasteiger partial charge in [0.2, 0.25) is 0 Å². The molecule has 116 valence electrons. The number of rotatable bonds is 5. The maximum Gasteiger partial charge on any atom is 0.407 e. The predicted octanol–water partition coefficient (Wildman–Crippen LogP) is 4.26. The van der Waals surface area contributed by atoms with Crippen LogP contribution in [-0.4, -0.2) is 19.2 Å². The monoisotopic (exact) mass is 305 g/mol. The molecule has 23 heavy (non-hydrogen) atoms. The third-order valence-corrected chi connectivity index (χ3v) is 4.05. The van der Waals surface area contributed by atoms with Gasteiger partial charge in [-0.3, -0.25) is 0 Å². The minimum absolute atomic E-state index is 0.0984. The van der Waals surface area contributed by atoms with Crippen LogP contribution in [0.2, 0.25) is 0 Å². The van der Waals surface area contributed by atoms with Gasteiger partial charge in [-0.2, -0.15) is 0 Å². The van der Waals surface area contributed by atoms with Crippen molar-refractivity contribution in [2.24, 2.45) is 0 Å². The van der Waals surface area contributed by atoms with Gasteiger partial charge in [0.25, 0.3) is 0 Å². The lowest BCUT2D eigenvalue weighted by molar-refractivity contribution is 0.143. The summed E-state index contributed by atoms with van der Waals surface area (Å²) in [6, 6.07) is 16.6. The minimum atomic E-state index is -0.385. The summed E-state index contributed by atoms with van der Waals surface area (Å²) in [6.07, 6.45) is 2.10. The highest BCUT2D eigenvalue weighted by atomic mass is 16.5. The molecule has 0 atom stereocenters. The topological polar surface area (TPSA) is 38.3 Å². The van der Waals surface area contributed by atoms with Gasteiger partial charge in [-0.25, -0.2) is 4.79 Å². The quantitative estimate of drug-likeness (QED) is 0.662. The lowest BCUT2D eigenvalue weighted by Gasteiger charge is -2.14. The number of carbonyl (C=O) groups is 1. The summed E-state index contributed by atoms with van der Waals surface area (Å²) in [5, 5.41) is 2.73. The van der Waals surface area contributed by atoms with Crippen molar-refractivity contribution >= 4 is 6.09 Å². The molecular weight excluding hydrogens is 286 g/mol. The van der Waals surface area contributed by atoms with Crippen molar-refractivity contribution in [3.63, 3.8) is 0 Å². The summed E-state index contributed by atoms with van der Waals surface area (Å²) in [5.74, 6) is 0.0984. The molecule has 0 bridgehead atoms. The number of nitrogens with one attached hydrogen (secondary N) is 1. The smallest absolute Gasteiger partial charge is 0.407 e. The Morgan fingerprint density at radius 2 is 1.74 bits per heavy atom. The number of amides is 1. The van der Waals surface area contributed by atoms with E-state index in [9.17, 15) is 4.79 Å². The number of ether oxygens (including phenoxy) is 1. The van der Waals surface area contributed by atoms with Gasteiger partial charge >= 0.3 is 6.09 Å². The highest BCUT2D eigenvalue weighted by molar-refractivity contribution is 5.79. The molecule has 1 aliphatic rings. The summed E-state index contributed by atoms with van der Waals surface area (Å²) in [4.78, 5) is 11.8. The van der Waals surface area contributed by atoms with Crippen molar-refractivity contribution in [2.45, 2.75) is 12.3 Å². The highest BCUT2D eigenvalue weighted by Gasteiger charge is 2.28. The molecule has 3 rings (SSSR count). The Balaban J connectivity index is 1.68. The fourth-order valence-electron chi connectivity index (χ4n) is 3.00. The number of hydrogen-bond donors (Lipinski definition) is 1. The first-order valence-corrected chi connectivity index (χ1v) is 7.74. The molecule has 0 radical (unpaired) electrons. The van der Waals surface area contributed by atoms with Gasteiger partial charge < -0.3 is 10.1 Å². The number of benzene rings is 2. The number of carbonyl (C=O) groups excluding carboxylic acids is 1. The van der Waals surface area contributed by atoms with Crippen LogP contribution < -0.4 is 5.32 Å². The second-order valence-corrected chi connectivity index (χ2v) is 5.45. The van der Waals surface area contributed by atoms with Gasteiger partial charge in [0.1, 0.15) is 6.61 Å². The van der Waals surface area contributed by atoms with E-state index in [4.69, 9.17) is 4.74 Å². The Bertz CT molecular complexity index is 714. The number of alkyl carbamates (subject to hydrolysis) is 1. The Kier molecular flexibility index (Phi) is 4.60. The van der Waals surface area contributed by atoms with Crippen molar-refractivity contribution in [1.82, 2.24) is 5.32 Å². The summed E-state index contributed by atoms with van der Waals surface area (Å²) in [5.41, 5.74) is 7.57. The SMILES string of the molecule is C=C=CCCNC(=O)OCC1c2ccccc2-c2ccccc21. The molecule has 0 saturated heterocycles. The van der Waals surface area contributed by atoms with Crippen LogP contribution in [0, 0.1) is 0 Å². The normalized spacial score (nSPS) is 12.0. The van der Waals surface area contributed by atoms with Crippen LogP contribution in [0.3, 0.4) is 0 Å². The summed E-state index contributed by atoms with van der Waals surface area (Å²) in [7, 11) is 0. The number of fused-ring (bicyclic) bond motifs is 3. The van der Waals surface area contributed by atoms with Crippen LogP contribution in [0.1, 0.15) is 23.5 Å². The third kappa shape index (κ3) is 3.20. The van der Waals surface area contributed by atoms with Crippen molar-refractivity contribution < 1.29 is 9.53 Å². The average Bonchev–Trinajstić information content (AvgIpc) is 2.91. The molecule has 1 N–H and O–H groups in total. The van der Waals surface area contributed by atoms with Crippen LogP contribution in [-0.2, 0) is 4.74 Å². The van der Waals surface area contributed by atoms with Crippen LogP contribution in [0.4, 0.5) is 4.79 Å². The molecular formula is C20H19NO2. The highest BCUT2D eigenvalue weighted by Crippen LogP contribution is 2.44. The van der Waals surface area contributed by atoms with E-state index in [1.54, 1.807) is 6.08 Å². The van der Waals surface area contributed by atoms with E-state index in [0.717, 1.165) is 0 Å². The van der Waals surface area contributed by atoms with Gasteiger partial charge in [-0.15, -0.1) is 5.73 Å². The van der Waals surface area contributed by atoms with Crippen LogP contribution >= 0.6 is 0 Å². The van der Waals surface area contributed by atoms with Gasteiger partial charge in [0.05, 0.1) is 0 Å². The predicted molar refractivity (Wildman–Crippen MR) is 91.4 cm³/mol. The van der Waals surface area contributed by atoms with Crippen molar-refractivity contribution in [1.29, 1.82) is 0 Å². The Labute approximate surface area is 136 Å². The zero-order chi connectivity index (χ0) is 16.1. The largest absolute Gasteiger partial charge is 0.449 e. The maximum absolute atomic E-state index is 11.8. The Hall–Kier alpha value is -2.77. The lowest BCUT2D eigenvalue weighted by Crippen LogP contribution is -2.26. The molecule has 3 heteroatoms.